The smallest absolute Gasteiger partial charge is 0.275 e. The summed E-state index contributed by atoms with van der Waals surface area (Å²) in [5.41, 5.74) is 3.09. The molecule has 0 saturated carbocycles. The average Bonchev–Trinajstić information content (AvgIpc) is 2.59. The first-order valence-electron chi connectivity index (χ1n) is 8.54. The van der Waals surface area contributed by atoms with Crippen LogP contribution in [0.1, 0.15) is 42.6 Å². The third-order valence-corrected chi connectivity index (χ3v) is 4.90. The number of halogens is 2. The first kappa shape index (κ1) is 20.6. The Bertz CT molecular complexity index is 780. The number of ether oxygens (including phenoxy) is 1. The second kappa shape index (κ2) is 9.26. The molecule has 2 rings (SSSR count). The lowest BCUT2D eigenvalue weighted by atomic mass is 10.0. The maximum atomic E-state index is 12.3. The quantitative estimate of drug-likeness (QED) is 0.748. The molecular formula is C20H25Cl2N2O2+. The Kier molecular flexibility index (Phi) is 7.33. The van der Waals surface area contributed by atoms with Crippen molar-refractivity contribution in [3.63, 3.8) is 0 Å². The molecule has 0 aliphatic rings. The molecule has 0 bridgehead atoms. The first-order chi connectivity index (χ1) is 12.3. The summed E-state index contributed by atoms with van der Waals surface area (Å²) < 4.78 is 5.43. The number of quaternary nitrogens is 1. The molecule has 0 aromatic heterocycles. The van der Waals surface area contributed by atoms with E-state index in [0.717, 1.165) is 22.4 Å². The minimum absolute atomic E-state index is 0.0537. The molecule has 0 radical (unpaired) electrons. The van der Waals surface area contributed by atoms with Gasteiger partial charge in [-0.05, 0) is 50.6 Å². The summed E-state index contributed by atoms with van der Waals surface area (Å²) in [6, 6.07) is 11.3. The van der Waals surface area contributed by atoms with Gasteiger partial charge in [0.15, 0.2) is 6.54 Å². The summed E-state index contributed by atoms with van der Waals surface area (Å²) in [5.74, 6) is 0.781. The van der Waals surface area contributed by atoms with E-state index in [1.165, 1.54) is 0 Å². The molecule has 0 unspecified atom stereocenters. The number of carbonyl (C=O) groups is 1. The highest BCUT2D eigenvalue weighted by Gasteiger charge is 2.18. The third-order valence-electron chi connectivity index (χ3n) is 4.34. The SMILES string of the molecule is COc1ccc(C)cc1[C@H](C)[NH2+]CC(=O)N[C@@H](C)c1ccc(Cl)cc1Cl. The van der Waals surface area contributed by atoms with Gasteiger partial charge in [0.2, 0.25) is 0 Å². The van der Waals surface area contributed by atoms with Gasteiger partial charge in [0.05, 0.1) is 18.7 Å². The van der Waals surface area contributed by atoms with Crippen LogP contribution in [-0.4, -0.2) is 19.6 Å². The number of nitrogens with two attached hydrogens (primary N) is 1. The Morgan fingerprint density at radius 3 is 2.54 bits per heavy atom. The van der Waals surface area contributed by atoms with E-state index < -0.39 is 0 Å². The summed E-state index contributed by atoms with van der Waals surface area (Å²) >= 11 is 12.1. The monoisotopic (exact) mass is 395 g/mol. The van der Waals surface area contributed by atoms with Crippen molar-refractivity contribution in [3.05, 3.63) is 63.1 Å². The molecule has 0 heterocycles. The van der Waals surface area contributed by atoms with Gasteiger partial charge in [-0.3, -0.25) is 4.79 Å². The van der Waals surface area contributed by atoms with E-state index in [1.54, 1.807) is 19.2 Å². The molecule has 2 aromatic rings. The molecule has 6 heteroatoms. The van der Waals surface area contributed by atoms with E-state index in [-0.39, 0.29) is 18.0 Å². The van der Waals surface area contributed by atoms with Gasteiger partial charge in [-0.15, -0.1) is 0 Å². The number of hydrogen-bond acceptors (Lipinski definition) is 2. The molecule has 26 heavy (non-hydrogen) atoms. The molecule has 0 spiro atoms. The molecule has 0 aliphatic heterocycles. The van der Waals surface area contributed by atoms with Gasteiger partial charge in [-0.25, -0.2) is 0 Å². The topological polar surface area (TPSA) is 54.9 Å². The van der Waals surface area contributed by atoms with Gasteiger partial charge in [-0.2, -0.15) is 0 Å². The predicted molar refractivity (Wildman–Crippen MR) is 106 cm³/mol. The molecule has 0 aliphatic carbocycles. The van der Waals surface area contributed by atoms with E-state index in [9.17, 15) is 4.79 Å². The number of methoxy groups -OCH3 is 1. The molecule has 0 saturated heterocycles. The van der Waals surface area contributed by atoms with Gasteiger partial charge in [0.1, 0.15) is 11.8 Å². The van der Waals surface area contributed by atoms with Gasteiger partial charge in [0.25, 0.3) is 5.91 Å². The van der Waals surface area contributed by atoms with E-state index in [2.05, 4.69) is 18.3 Å². The largest absolute Gasteiger partial charge is 0.496 e. The maximum absolute atomic E-state index is 12.3. The fraction of sp³-hybridized carbons (Fsp3) is 0.350. The molecule has 1 amide bonds. The average molecular weight is 396 g/mol. The predicted octanol–water partition coefficient (Wildman–Crippen LogP) is 3.81. The fourth-order valence-electron chi connectivity index (χ4n) is 2.85. The summed E-state index contributed by atoms with van der Waals surface area (Å²) in [5, 5.41) is 6.09. The standard InChI is InChI=1S/C20H24Cl2N2O2/c1-12-5-8-19(26-4)17(9-12)13(2)23-11-20(25)24-14(3)16-7-6-15(21)10-18(16)22/h5-10,13-14,23H,11H2,1-4H3,(H,24,25)/p+1/t13-,14-/m0/s1. The number of carbonyl (C=O) groups excluding carboxylic acids is 1. The van der Waals surface area contributed by atoms with Gasteiger partial charge < -0.3 is 15.4 Å². The number of rotatable bonds is 7. The number of amides is 1. The van der Waals surface area contributed by atoms with Gasteiger partial charge in [-0.1, -0.05) is 40.9 Å². The number of nitrogens with one attached hydrogen (secondary N) is 1. The molecule has 140 valence electrons. The zero-order chi connectivity index (χ0) is 19.3. The van der Waals surface area contributed by atoms with Crippen molar-refractivity contribution < 1.29 is 14.8 Å². The van der Waals surface area contributed by atoms with Crippen LogP contribution in [0.15, 0.2) is 36.4 Å². The Morgan fingerprint density at radius 1 is 1.15 bits per heavy atom. The highest BCUT2D eigenvalue weighted by atomic mass is 35.5. The normalized spacial score (nSPS) is 13.2. The number of benzene rings is 2. The van der Waals surface area contributed by atoms with Crippen molar-refractivity contribution in [2.45, 2.75) is 32.9 Å². The second-order valence-electron chi connectivity index (χ2n) is 6.43. The zero-order valence-electron chi connectivity index (χ0n) is 15.5. The maximum Gasteiger partial charge on any atom is 0.275 e. The van der Waals surface area contributed by atoms with Crippen molar-refractivity contribution in [2.75, 3.05) is 13.7 Å². The van der Waals surface area contributed by atoms with Crippen molar-refractivity contribution in [2.24, 2.45) is 0 Å². The molecular weight excluding hydrogens is 371 g/mol. The minimum Gasteiger partial charge on any atom is -0.496 e. The third kappa shape index (κ3) is 5.37. The Morgan fingerprint density at radius 2 is 1.88 bits per heavy atom. The molecule has 4 nitrogen and oxygen atoms in total. The number of hydrogen-bond donors (Lipinski definition) is 2. The van der Waals surface area contributed by atoms with Crippen molar-refractivity contribution in [1.29, 1.82) is 0 Å². The van der Waals surface area contributed by atoms with E-state index in [1.807, 2.05) is 37.4 Å². The summed E-state index contributed by atoms with van der Waals surface area (Å²) in [4.78, 5) is 12.3. The van der Waals surface area contributed by atoms with Crippen LogP contribution < -0.4 is 15.4 Å². The Balaban J connectivity index is 1.95. The van der Waals surface area contributed by atoms with E-state index >= 15 is 0 Å². The van der Waals surface area contributed by atoms with Crippen LogP contribution in [0.4, 0.5) is 0 Å². The Labute approximate surface area is 164 Å². The summed E-state index contributed by atoms with van der Waals surface area (Å²) in [6.45, 7) is 6.32. The van der Waals surface area contributed by atoms with Crippen LogP contribution >= 0.6 is 23.2 Å². The van der Waals surface area contributed by atoms with Crippen LogP contribution in [0.3, 0.4) is 0 Å². The van der Waals surface area contributed by atoms with Crippen molar-refractivity contribution in [3.8, 4) is 5.75 Å². The molecule has 2 aromatic carbocycles. The van der Waals surface area contributed by atoms with Crippen LogP contribution in [0.2, 0.25) is 10.0 Å². The Hall–Kier alpha value is -1.75. The van der Waals surface area contributed by atoms with Crippen molar-refractivity contribution in [1.82, 2.24) is 5.32 Å². The lowest BCUT2D eigenvalue weighted by molar-refractivity contribution is -0.682. The van der Waals surface area contributed by atoms with Crippen LogP contribution in [-0.2, 0) is 4.79 Å². The highest BCUT2D eigenvalue weighted by Crippen LogP contribution is 2.26. The molecule has 0 fully saturated rings. The van der Waals surface area contributed by atoms with E-state index in [0.29, 0.717) is 16.6 Å². The lowest BCUT2D eigenvalue weighted by Gasteiger charge is -2.18. The lowest BCUT2D eigenvalue weighted by Crippen LogP contribution is -2.87. The van der Waals surface area contributed by atoms with Gasteiger partial charge >= 0.3 is 0 Å². The zero-order valence-corrected chi connectivity index (χ0v) is 17.0. The molecule has 3 N–H and O–H groups in total. The minimum atomic E-state index is -0.190. The van der Waals surface area contributed by atoms with Crippen LogP contribution in [0.5, 0.6) is 5.75 Å². The van der Waals surface area contributed by atoms with Crippen LogP contribution in [0.25, 0.3) is 0 Å². The van der Waals surface area contributed by atoms with E-state index in [4.69, 9.17) is 27.9 Å². The van der Waals surface area contributed by atoms with Crippen molar-refractivity contribution >= 4 is 29.1 Å². The van der Waals surface area contributed by atoms with Gasteiger partial charge in [0, 0.05) is 10.0 Å². The second-order valence-corrected chi connectivity index (χ2v) is 7.27. The first-order valence-corrected chi connectivity index (χ1v) is 9.29. The molecule has 2 atom stereocenters. The highest BCUT2D eigenvalue weighted by molar-refractivity contribution is 6.35. The fourth-order valence-corrected chi connectivity index (χ4v) is 3.42. The van der Waals surface area contributed by atoms with Crippen LogP contribution in [0, 0.1) is 6.92 Å². The number of aryl methyl sites for hydroxylation is 1. The summed E-state index contributed by atoms with van der Waals surface area (Å²) in [6.07, 6.45) is 0. The summed E-state index contributed by atoms with van der Waals surface area (Å²) in [7, 11) is 1.66.